The number of aromatic amines is 2. The zero-order valence-electron chi connectivity index (χ0n) is 9.86. The first-order chi connectivity index (χ1) is 8.15. The summed E-state index contributed by atoms with van der Waals surface area (Å²) in [5.74, 6) is 2.06. The summed E-state index contributed by atoms with van der Waals surface area (Å²) in [6, 6.07) is 8.09. The molecule has 1 heterocycles. The quantitative estimate of drug-likeness (QED) is 0.818. The molecule has 0 fully saturated rings. The van der Waals surface area contributed by atoms with Gasteiger partial charge in [0.15, 0.2) is 10.6 Å². The van der Waals surface area contributed by atoms with Crippen molar-refractivity contribution in [1.82, 2.24) is 15.2 Å². The lowest BCUT2D eigenvalue weighted by Gasteiger charge is -2.07. The molecule has 4 nitrogen and oxygen atoms in total. The summed E-state index contributed by atoms with van der Waals surface area (Å²) in [6.45, 7) is 4.72. The molecule has 2 rings (SSSR count). The third-order valence-electron chi connectivity index (χ3n) is 2.47. The second-order valence-electron chi connectivity index (χ2n) is 4.14. The van der Waals surface area contributed by atoms with E-state index in [-0.39, 0.29) is 0 Å². The molecule has 0 amide bonds. The number of aromatic nitrogens is 3. The first-order valence-electron chi connectivity index (χ1n) is 5.51. The lowest BCUT2D eigenvalue weighted by atomic mass is 10.0. The Hall–Kier alpha value is -1.62. The second kappa shape index (κ2) is 5.14. The van der Waals surface area contributed by atoms with Crippen LogP contribution in [-0.4, -0.2) is 15.2 Å². The number of hydrogen-bond acceptors (Lipinski definition) is 3. The van der Waals surface area contributed by atoms with Gasteiger partial charge in [0.2, 0.25) is 0 Å². The van der Waals surface area contributed by atoms with Gasteiger partial charge in [0.25, 0.3) is 0 Å². The Morgan fingerprint density at radius 1 is 1.29 bits per heavy atom. The van der Waals surface area contributed by atoms with Crippen LogP contribution in [0.25, 0.3) is 0 Å². The van der Waals surface area contributed by atoms with Crippen LogP contribution >= 0.6 is 12.2 Å². The van der Waals surface area contributed by atoms with Crippen LogP contribution < -0.4 is 4.74 Å². The van der Waals surface area contributed by atoms with E-state index in [1.807, 2.05) is 12.1 Å². The molecule has 0 unspecified atom stereocenters. The Balaban J connectivity index is 1.97. The summed E-state index contributed by atoms with van der Waals surface area (Å²) >= 11 is 4.88. The number of ether oxygens (including phenoxy) is 1. The fourth-order valence-electron chi connectivity index (χ4n) is 1.47. The minimum atomic E-state index is 0.383. The highest BCUT2D eigenvalue weighted by Gasteiger charge is 2.01. The van der Waals surface area contributed by atoms with Crippen molar-refractivity contribution >= 4 is 12.2 Å². The monoisotopic (exact) mass is 249 g/mol. The number of H-pyrrole nitrogens is 2. The molecule has 90 valence electrons. The number of rotatable bonds is 4. The van der Waals surface area contributed by atoms with Crippen molar-refractivity contribution < 1.29 is 4.74 Å². The maximum Gasteiger partial charge on any atom is 0.192 e. The normalized spacial score (nSPS) is 10.8. The van der Waals surface area contributed by atoms with Crippen LogP contribution in [0.1, 0.15) is 31.2 Å². The number of benzene rings is 1. The average molecular weight is 249 g/mol. The van der Waals surface area contributed by atoms with E-state index in [1.54, 1.807) is 0 Å². The van der Waals surface area contributed by atoms with Gasteiger partial charge in [0.05, 0.1) is 0 Å². The molecule has 0 aliphatic carbocycles. The highest BCUT2D eigenvalue weighted by molar-refractivity contribution is 7.71. The van der Waals surface area contributed by atoms with Gasteiger partial charge in [0.1, 0.15) is 12.4 Å². The zero-order chi connectivity index (χ0) is 12.3. The molecule has 0 aliphatic rings. The van der Waals surface area contributed by atoms with Crippen LogP contribution in [0.3, 0.4) is 0 Å². The van der Waals surface area contributed by atoms with Crippen LogP contribution in [-0.2, 0) is 6.61 Å². The van der Waals surface area contributed by atoms with Crippen LogP contribution in [0.2, 0.25) is 0 Å². The van der Waals surface area contributed by atoms with Crippen molar-refractivity contribution in [3.63, 3.8) is 0 Å². The van der Waals surface area contributed by atoms with Crippen molar-refractivity contribution in [1.29, 1.82) is 0 Å². The van der Waals surface area contributed by atoms with Gasteiger partial charge in [-0.05, 0) is 35.8 Å². The van der Waals surface area contributed by atoms with E-state index in [0.29, 0.717) is 23.1 Å². The molecule has 2 aromatic rings. The van der Waals surface area contributed by atoms with Crippen molar-refractivity contribution in [3.8, 4) is 5.75 Å². The number of nitrogens with one attached hydrogen (secondary N) is 2. The van der Waals surface area contributed by atoms with Gasteiger partial charge in [-0.15, -0.1) is 0 Å². The highest BCUT2D eigenvalue weighted by Crippen LogP contribution is 2.18. The van der Waals surface area contributed by atoms with Crippen LogP contribution in [0.4, 0.5) is 0 Å². The van der Waals surface area contributed by atoms with Crippen LogP contribution in [0.15, 0.2) is 24.3 Å². The Morgan fingerprint density at radius 3 is 2.53 bits per heavy atom. The first-order valence-corrected chi connectivity index (χ1v) is 5.92. The van der Waals surface area contributed by atoms with Crippen molar-refractivity contribution in [2.75, 3.05) is 0 Å². The van der Waals surface area contributed by atoms with E-state index in [9.17, 15) is 0 Å². The molecule has 0 atom stereocenters. The van der Waals surface area contributed by atoms with Gasteiger partial charge in [-0.1, -0.05) is 26.0 Å². The Bertz CT molecular complexity index is 527. The van der Waals surface area contributed by atoms with Crippen molar-refractivity contribution in [2.24, 2.45) is 0 Å². The van der Waals surface area contributed by atoms with Crippen LogP contribution in [0, 0.1) is 4.77 Å². The van der Waals surface area contributed by atoms with Crippen molar-refractivity contribution in [2.45, 2.75) is 26.4 Å². The maximum absolute atomic E-state index is 5.58. The van der Waals surface area contributed by atoms with Gasteiger partial charge in [-0.25, -0.2) is 0 Å². The van der Waals surface area contributed by atoms with Gasteiger partial charge in [-0.2, -0.15) is 5.10 Å². The van der Waals surface area contributed by atoms with E-state index in [1.165, 1.54) is 5.56 Å². The molecular weight excluding hydrogens is 234 g/mol. The Kier molecular flexibility index (Phi) is 3.58. The fourth-order valence-corrected chi connectivity index (χ4v) is 1.64. The summed E-state index contributed by atoms with van der Waals surface area (Å²) in [5.41, 5.74) is 1.30. The lowest BCUT2D eigenvalue weighted by molar-refractivity contribution is 0.296. The summed E-state index contributed by atoms with van der Waals surface area (Å²) in [7, 11) is 0. The Morgan fingerprint density at radius 2 is 2.00 bits per heavy atom. The Labute approximate surface area is 105 Å². The highest BCUT2D eigenvalue weighted by atomic mass is 32.1. The molecule has 0 aliphatic heterocycles. The maximum atomic E-state index is 5.58. The second-order valence-corrected chi connectivity index (χ2v) is 4.55. The zero-order valence-corrected chi connectivity index (χ0v) is 10.7. The molecule has 1 aromatic heterocycles. The van der Waals surface area contributed by atoms with E-state index < -0.39 is 0 Å². The van der Waals surface area contributed by atoms with E-state index in [0.717, 1.165) is 5.75 Å². The third-order valence-corrected chi connectivity index (χ3v) is 2.67. The average Bonchev–Trinajstić information content (AvgIpc) is 2.73. The summed E-state index contributed by atoms with van der Waals surface area (Å²) in [4.78, 5) is 2.90. The molecule has 0 spiro atoms. The molecular formula is C12H15N3OS. The van der Waals surface area contributed by atoms with Crippen LogP contribution in [0.5, 0.6) is 5.75 Å². The minimum Gasteiger partial charge on any atom is -0.486 e. The molecule has 1 aromatic carbocycles. The minimum absolute atomic E-state index is 0.383. The lowest BCUT2D eigenvalue weighted by Crippen LogP contribution is -1.98. The predicted molar refractivity (Wildman–Crippen MR) is 68.6 cm³/mol. The van der Waals surface area contributed by atoms with Gasteiger partial charge in [-0.3, -0.25) is 5.10 Å². The van der Waals surface area contributed by atoms with Gasteiger partial charge in [0, 0.05) is 0 Å². The topological polar surface area (TPSA) is 53.7 Å². The molecule has 0 saturated carbocycles. The van der Waals surface area contributed by atoms with E-state index in [2.05, 4.69) is 41.2 Å². The van der Waals surface area contributed by atoms with E-state index in [4.69, 9.17) is 17.0 Å². The molecule has 17 heavy (non-hydrogen) atoms. The largest absolute Gasteiger partial charge is 0.486 e. The molecule has 2 N–H and O–H groups in total. The smallest absolute Gasteiger partial charge is 0.192 e. The third kappa shape index (κ3) is 3.17. The fraction of sp³-hybridized carbons (Fsp3) is 0.333. The summed E-state index contributed by atoms with van der Waals surface area (Å²) in [6.07, 6.45) is 0. The van der Waals surface area contributed by atoms with E-state index >= 15 is 0 Å². The van der Waals surface area contributed by atoms with Crippen molar-refractivity contribution in [3.05, 3.63) is 40.4 Å². The molecule has 5 heteroatoms. The number of hydrogen-bond donors (Lipinski definition) is 2. The SMILES string of the molecule is CC(C)c1ccc(OCc2n[nH]c(=S)[nH]2)cc1. The summed E-state index contributed by atoms with van der Waals surface area (Å²) < 4.78 is 6.09. The van der Waals surface area contributed by atoms with Gasteiger partial charge < -0.3 is 9.72 Å². The number of nitrogens with zero attached hydrogens (tertiary/aromatic N) is 1. The molecule has 0 radical (unpaired) electrons. The predicted octanol–water partition coefficient (Wildman–Crippen LogP) is 3.17. The van der Waals surface area contributed by atoms with Gasteiger partial charge >= 0.3 is 0 Å². The standard InChI is InChI=1S/C12H15N3OS/c1-8(2)9-3-5-10(6-4-9)16-7-11-13-12(17)15-14-11/h3-6,8H,7H2,1-2H3,(H2,13,14,15,17). The molecule has 0 saturated heterocycles. The molecule has 0 bridgehead atoms. The summed E-state index contributed by atoms with van der Waals surface area (Å²) in [5, 5.41) is 6.63. The first kappa shape index (κ1) is 11.9.